The molecular formula is C11H21NO. The molecule has 2 N–H and O–H groups in total. The van der Waals surface area contributed by atoms with Gasteiger partial charge in [0, 0.05) is 5.92 Å². The number of carbonyl (C=O) groups is 1. The summed E-state index contributed by atoms with van der Waals surface area (Å²) in [7, 11) is 0. The monoisotopic (exact) mass is 183 g/mol. The van der Waals surface area contributed by atoms with Crippen molar-refractivity contribution >= 4 is 5.78 Å². The van der Waals surface area contributed by atoms with Crippen LogP contribution in [-0.4, -0.2) is 11.8 Å². The molecule has 0 amide bonds. The lowest BCUT2D eigenvalue weighted by molar-refractivity contribution is -0.124. The third-order valence-corrected chi connectivity index (χ3v) is 3.06. The first-order chi connectivity index (χ1) is 6.13. The number of hydrogen-bond donors (Lipinski definition) is 1. The smallest absolute Gasteiger partial charge is 0.152 e. The van der Waals surface area contributed by atoms with E-state index >= 15 is 0 Å². The Hall–Kier alpha value is -0.370. The van der Waals surface area contributed by atoms with E-state index in [2.05, 4.69) is 0 Å². The van der Waals surface area contributed by atoms with Crippen molar-refractivity contribution in [1.82, 2.24) is 0 Å². The Morgan fingerprint density at radius 3 is 2.23 bits per heavy atom. The molecule has 1 aliphatic rings. The van der Waals surface area contributed by atoms with Crippen molar-refractivity contribution in [3.63, 3.8) is 0 Å². The van der Waals surface area contributed by atoms with Gasteiger partial charge in [-0.1, -0.05) is 33.1 Å². The fourth-order valence-electron chi connectivity index (χ4n) is 2.11. The second-order valence-corrected chi connectivity index (χ2v) is 4.48. The van der Waals surface area contributed by atoms with Crippen LogP contribution in [0.3, 0.4) is 0 Å². The number of nitrogens with two attached hydrogens (primary N) is 1. The molecule has 0 aromatic carbocycles. The second kappa shape index (κ2) is 4.75. The van der Waals surface area contributed by atoms with Crippen LogP contribution in [0.4, 0.5) is 0 Å². The highest BCUT2D eigenvalue weighted by molar-refractivity contribution is 5.85. The average Bonchev–Trinajstić information content (AvgIpc) is 2.17. The first-order valence-corrected chi connectivity index (χ1v) is 5.42. The van der Waals surface area contributed by atoms with Gasteiger partial charge in [0.1, 0.15) is 0 Å². The summed E-state index contributed by atoms with van der Waals surface area (Å²) in [5.41, 5.74) is 5.94. The topological polar surface area (TPSA) is 43.1 Å². The normalized spacial score (nSPS) is 21.8. The Morgan fingerprint density at radius 2 is 1.77 bits per heavy atom. The van der Waals surface area contributed by atoms with Gasteiger partial charge in [-0.3, -0.25) is 4.79 Å². The quantitative estimate of drug-likeness (QED) is 0.728. The van der Waals surface area contributed by atoms with Crippen molar-refractivity contribution in [3.8, 4) is 0 Å². The van der Waals surface area contributed by atoms with Gasteiger partial charge >= 0.3 is 0 Å². The number of hydrogen-bond acceptors (Lipinski definition) is 2. The van der Waals surface area contributed by atoms with E-state index in [1.54, 1.807) is 0 Å². The first-order valence-electron chi connectivity index (χ1n) is 5.42. The maximum Gasteiger partial charge on any atom is 0.152 e. The van der Waals surface area contributed by atoms with Crippen LogP contribution in [0.15, 0.2) is 0 Å². The summed E-state index contributed by atoms with van der Waals surface area (Å²) in [5, 5.41) is 0. The van der Waals surface area contributed by atoms with Gasteiger partial charge in [-0.25, -0.2) is 0 Å². The van der Waals surface area contributed by atoms with Crippen molar-refractivity contribution in [3.05, 3.63) is 0 Å². The molecule has 2 heteroatoms. The van der Waals surface area contributed by atoms with E-state index in [0.717, 1.165) is 12.8 Å². The van der Waals surface area contributed by atoms with Crippen LogP contribution in [0, 0.1) is 11.8 Å². The molecule has 1 aliphatic carbocycles. The fourth-order valence-corrected chi connectivity index (χ4v) is 2.11. The van der Waals surface area contributed by atoms with Crippen LogP contribution in [-0.2, 0) is 4.79 Å². The van der Waals surface area contributed by atoms with E-state index in [1.807, 2.05) is 13.8 Å². The van der Waals surface area contributed by atoms with Crippen LogP contribution in [0.25, 0.3) is 0 Å². The summed E-state index contributed by atoms with van der Waals surface area (Å²) >= 11 is 0. The molecule has 1 atom stereocenters. The fraction of sp³-hybridized carbons (Fsp3) is 0.909. The molecule has 76 valence electrons. The van der Waals surface area contributed by atoms with Gasteiger partial charge in [-0.05, 0) is 18.8 Å². The zero-order chi connectivity index (χ0) is 9.84. The summed E-state index contributed by atoms with van der Waals surface area (Å²) in [6.45, 7) is 3.87. The van der Waals surface area contributed by atoms with E-state index in [-0.39, 0.29) is 17.7 Å². The predicted molar refractivity (Wildman–Crippen MR) is 54.4 cm³/mol. The molecule has 1 fully saturated rings. The Kier molecular flexibility index (Phi) is 3.91. The maximum absolute atomic E-state index is 11.6. The highest BCUT2D eigenvalue weighted by atomic mass is 16.1. The molecule has 0 saturated heterocycles. The summed E-state index contributed by atoms with van der Waals surface area (Å²) in [6, 6.07) is -0.194. The molecule has 0 heterocycles. The SMILES string of the molecule is CC(C)C(=O)C(N)C1CCCCC1. The van der Waals surface area contributed by atoms with Gasteiger partial charge in [0.25, 0.3) is 0 Å². The van der Waals surface area contributed by atoms with E-state index in [0.29, 0.717) is 5.92 Å². The number of Topliss-reactive ketones (excluding diaryl/α,β-unsaturated/α-hetero) is 1. The van der Waals surface area contributed by atoms with Crippen LogP contribution in [0.1, 0.15) is 46.0 Å². The number of ketones is 1. The van der Waals surface area contributed by atoms with E-state index in [1.165, 1.54) is 19.3 Å². The van der Waals surface area contributed by atoms with Crippen LogP contribution < -0.4 is 5.73 Å². The summed E-state index contributed by atoms with van der Waals surface area (Å²) in [4.78, 5) is 11.6. The van der Waals surface area contributed by atoms with Gasteiger partial charge in [-0.15, -0.1) is 0 Å². The van der Waals surface area contributed by atoms with Crippen LogP contribution in [0.5, 0.6) is 0 Å². The van der Waals surface area contributed by atoms with Gasteiger partial charge in [0.05, 0.1) is 6.04 Å². The van der Waals surface area contributed by atoms with Gasteiger partial charge in [0.15, 0.2) is 5.78 Å². The molecule has 0 spiro atoms. The van der Waals surface area contributed by atoms with E-state index in [9.17, 15) is 4.79 Å². The molecule has 0 aliphatic heterocycles. The Labute approximate surface area is 80.9 Å². The second-order valence-electron chi connectivity index (χ2n) is 4.48. The zero-order valence-electron chi connectivity index (χ0n) is 8.75. The first kappa shape index (κ1) is 10.7. The molecule has 0 aromatic heterocycles. The summed E-state index contributed by atoms with van der Waals surface area (Å²) in [5.74, 6) is 0.799. The molecule has 13 heavy (non-hydrogen) atoms. The van der Waals surface area contributed by atoms with E-state index < -0.39 is 0 Å². The molecule has 0 radical (unpaired) electrons. The van der Waals surface area contributed by atoms with Gasteiger partial charge in [-0.2, -0.15) is 0 Å². The maximum atomic E-state index is 11.6. The molecule has 1 saturated carbocycles. The number of rotatable bonds is 3. The standard InChI is InChI=1S/C11H21NO/c1-8(2)11(13)10(12)9-6-4-3-5-7-9/h8-10H,3-7,12H2,1-2H3. The van der Waals surface area contributed by atoms with Crippen molar-refractivity contribution in [2.24, 2.45) is 17.6 Å². The minimum Gasteiger partial charge on any atom is -0.321 e. The Morgan fingerprint density at radius 1 is 1.23 bits per heavy atom. The molecule has 0 bridgehead atoms. The third kappa shape index (κ3) is 2.80. The molecular weight excluding hydrogens is 162 g/mol. The highest BCUT2D eigenvalue weighted by Gasteiger charge is 2.27. The van der Waals surface area contributed by atoms with Crippen molar-refractivity contribution in [2.45, 2.75) is 52.0 Å². The lowest BCUT2D eigenvalue weighted by Gasteiger charge is -2.27. The number of carbonyl (C=O) groups excluding carboxylic acids is 1. The Balaban J connectivity index is 2.45. The molecule has 0 aromatic rings. The molecule has 2 nitrogen and oxygen atoms in total. The van der Waals surface area contributed by atoms with Gasteiger partial charge in [0.2, 0.25) is 0 Å². The van der Waals surface area contributed by atoms with Crippen molar-refractivity contribution in [1.29, 1.82) is 0 Å². The summed E-state index contributed by atoms with van der Waals surface area (Å²) < 4.78 is 0. The van der Waals surface area contributed by atoms with Crippen molar-refractivity contribution in [2.75, 3.05) is 0 Å². The van der Waals surface area contributed by atoms with Crippen LogP contribution >= 0.6 is 0 Å². The lowest BCUT2D eigenvalue weighted by Crippen LogP contribution is -2.41. The van der Waals surface area contributed by atoms with E-state index in [4.69, 9.17) is 5.73 Å². The van der Waals surface area contributed by atoms with Crippen molar-refractivity contribution < 1.29 is 4.79 Å². The average molecular weight is 183 g/mol. The third-order valence-electron chi connectivity index (χ3n) is 3.06. The predicted octanol–water partition coefficient (Wildman–Crippen LogP) is 2.12. The van der Waals surface area contributed by atoms with Gasteiger partial charge < -0.3 is 5.73 Å². The Bertz CT molecular complexity index is 171. The largest absolute Gasteiger partial charge is 0.321 e. The zero-order valence-corrected chi connectivity index (χ0v) is 8.75. The summed E-state index contributed by atoms with van der Waals surface area (Å²) in [6.07, 6.45) is 6.13. The highest BCUT2D eigenvalue weighted by Crippen LogP contribution is 2.26. The molecule has 1 unspecified atom stereocenters. The minimum absolute atomic E-state index is 0.0944. The minimum atomic E-state index is -0.194. The van der Waals surface area contributed by atoms with Crippen LogP contribution in [0.2, 0.25) is 0 Å². The lowest BCUT2D eigenvalue weighted by atomic mass is 9.81. The molecule has 1 rings (SSSR count).